The quantitative estimate of drug-likeness (QED) is 0.647. The smallest absolute Gasteiger partial charge is 0.417 e. The molecule has 166 valence electrons. The minimum atomic E-state index is -4.42. The number of piperazine rings is 1. The van der Waals surface area contributed by atoms with Gasteiger partial charge in [0.1, 0.15) is 11.6 Å². The summed E-state index contributed by atoms with van der Waals surface area (Å²) < 4.78 is 43.3. The Kier molecular flexibility index (Phi) is 6.82. The van der Waals surface area contributed by atoms with E-state index in [1.54, 1.807) is 17.0 Å². The zero-order chi connectivity index (χ0) is 22.6. The molecule has 2 heterocycles. The molecule has 2 aromatic rings. The van der Waals surface area contributed by atoms with Crippen LogP contribution in [0.4, 0.5) is 19.0 Å². The number of halogens is 3. The molecule has 0 atom stereocenters. The largest absolute Gasteiger partial charge is 0.496 e. The number of ether oxygens (including phenoxy) is 1. The molecule has 6 nitrogen and oxygen atoms in total. The van der Waals surface area contributed by atoms with Gasteiger partial charge in [0.05, 0.1) is 18.2 Å². The van der Waals surface area contributed by atoms with Crippen LogP contribution < -0.4 is 9.64 Å². The molecule has 1 saturated heterocycles. The van der Waals surface area contributed by atoms with Crippen molar-refractivity contribution in [3.05, 3.63) is 53.2 Å². The summed E-state index contributed by atoms with van der Waals surface area (Å²) in [4.78, 5) is 32.5. The van der Waals surface area contributed by atoms with Crippen LogP contribution in [0.2, 0.25) is 0 Å². The number of anilines is 1. The number of pyridine rings is 1. The van der Waals surface area contributed by atoms with Gasteiger partial charge < -0.3 is 14.5 Å². The second-order valence-corrected chi connectivity index (χ2v) is 7.40. The van der Waals surface area contributed by atoms with E-state index < -0.39 is 11.7 Å². The van der Waals surface area contributed by atoms with Gasteiger partial charge in [-0.05, 0) is 31.2 Å². The van der Waals surface area contributed by atoms with E-state index in [2.05, 4.69) is 4.98 Å². The average molecular weight is 435 g/mol. The minimum absolute atomic E-state index is 0.0827. The van der Waals surface area contributed by atoms with Crippen LogP contribution in [-0.2, 0) is 11.0 Å². The summed E-state index contributed by atoms with van der Waals surface area (Å²) in [6.07, 6.45) is -3.43. The molecule has 1 amide bonds. The van der Waals surface area contributed by atoms with Crippen molar-refractivity contribution < 1.29 is 27.5 Å². The van der Waals surface area contributed by atoms with Crippen molar-refractivity contribution in [2.75, 3.05) is 38.2 Å². The van der Waals surface area contributed by atoms with Gasteiger partial charge in [0.25, 0.3) is 0 Å². The number of ketones is 1. The van der Waals surface area contributed by atoms with Gasteiger partial charge in [0.2, 0.25) is 5.91 Å². The van der Waals surface area contributed by atoms with Gasteiger partial charge in [-0.15, -0.1) is 0 Å². The van der Waals surface area contributed by atoms with E-state index >= 15 is 0 Å². The number of alkyl halides is 3. The first-order chi connectivity index (χ1) is 14.7. The first-order valence-electron chi connectivity index (χ1n) is 9.93. The predicted molar refractivity (Wildman–Crippen MR) is 109 cm³/mol. The van der Waals surface area contributed by atoms with Crippen molar-refractivity contribution in [1.82, 2.24) is 9.88 Å². The summed E-state index contributed by atoms with van der Waals surface area (Å²) in [5.41, 5.74) is 0.608. The summed E-state index contributed by atoms with van der Waals surface area (Å²) >= 11 is 0. The maximum atomic E-state index is 12.7. The Morgan fingerprint density at radius 1 is 1.06 bits per heavy atom. The number of hydrogen-bond acceptors (Lipinski definition) is 5. The van der Waals surface area contributed by atoms with Crippen molar-refractivity contribution in [3.8, 4) is 5.75 Å². The number of aromatic nitrogens is 1. The molecular weight excluding hydrogens is 411 g/mol. The molecule has 1 aliphatic heterocycles. The third-order valence-corrected chi connectivity index (χ3v) is 5.25. The molecule has 1 fully saturated rings. The summed E-state index contributed by atoms with van der Waals surface area (Å²) in [7, 11) is 1.50. The summed E-state index contributed by atoms with van der Waals surface area (Å²) in [5.74, 6) is 0.656. The molecule has 0 spiro atoms. The Bertz CT molecular complexity index is 937. The van der Waals surface area contributed by atoms with Crippen LogP contribution in [0.1, 0.15) is 34.3 Å². The van der Waals surface area contributed by atoms with Crippen molar-refractivity contribution in [1.29, 1.82) is 0 Å². The molecule has 1 aromatic heterocycles. The van der Waals surface area contributed by atoms with E-state index in [0.717, 1.165) is 17.8 Å². The number of Topliss-reactive ketones (excluding diaryl/α,β-unsaturated/α-hetero) is 1. The number of nitrogens with zero attached hydrogens (tertiary/aromatic N) is 3. The number of benzene rings is 1. The molecule has 0 unspecified atom stereocenters. The standard InChI is InChI=1S/C22H24F3N3O3/c1-15-3-6-19(31-2)17(13-15)18(29)5-8-21(30)28-11-9-27(10-12-28)20-7-4-16(14-26-20)22(23,24)25/h3-4,6-7,13-14H,5,8-12H2,1-2H3. The lowest BCUT2D eigenvalue weighted by Gasteiger charge is -2.35. The summed E-state index contributed by atoms with van der Waals surface area (Å²) in [6.45, 7) is 3.65. The number of amides is 1. The Hall–Kier alpha value is -3.10. The van der Waals surface area contributed by atoms with Crippen molar-refractivity contribution in [2.45, 2.75) is 25.9 Å². The van der Waals surface area contributed by atoms with Crippen LogP contribution in [0.5, 0.6) is 5.75 Å². The van der Waals surface area contributed by atoms with Gasteiger partial charge in [-0.3, -0.25) is 9.59 Å². The topological polar surface area (TPSA) is 62.7 Å². The normalized spacial score (nSPS) is 14.5. The first-order valence-corrected chi connectivity index (χ1v) is 9.93. The third-order valence-electron chi connectivity index (χ3n) is 5.25. The monoisotopic (exact) mass is 435 g/mol. The SMILES string of the molecule is COc1ccc(C)cc1C(=O)CCC(=O)N1CCN(c2ccc(C(F)(F)F)cn2)CC1. The minimum Gasteiger partial charge on any atom is -0.496 e. The maximum Gasteiger partial charge on any atom is 0.417 e. The molecule has 1 aromatic carbocycles. The van der Waals surface area contributed by atoms with Gasteiger partial charge in [-0.25, -0.2) is 4.98 Å². The summed E-state index contributed by atoms with van der Waals surface area (Å²) in [5, 5.41) is 0. The van der Waals surface area contributed by atoms with Gasteiger partial charge in [-0.2, -0.15) is 13.2 Å². The van der Waals surface area contributed by atoms with Crippen LogP contribution in [0.15, 0.2) is 36.5 Å². The average Bonchev–Trinajstić information content (AvgIpc) is 2.76. The molecule has 0 aliphatic carbocycles. The molecule has 0 bridgehead atoms. The van der Waals surface area contributed by atoms with Crippen LogP contribution >= 0.6 is 0 Å². The molecule has 1 aliphatic rings. The summed E-state index contributed by atoms with van der Waals surface area (Å²) in [6, 6.07) is 7.69. The van der Waals surface area contributed by atoms with Crippen molar-refractivity contribution >= 4 is 17.5 Å². The molecule has 3 rings (SSSR count). The number of carbonyl (C=O) groups excluding carboxylic acids is 2. The van der Waals surface area contributed by atoms with Gasteiger partial charge >= 0.3 is 6.18 Å². The Morgan fingerprint density at radius 2 is 1.77 bits per heavy atom. The van der Waals surface area contributed by atoms with E-state index in [1.165, 1.54) is 13.2 Å². The van der Waals surface area contributed by atoms with Crippen molar-refractivity contribution in [2.24, 2.45) is 0 Å². The highest BCUT2D eigenvalue weighted by Crippen LogP contribution is 2.29. The fourth-order valence-electron chi connectivity index (χ4n) is 3.48. The lowest BCUT2D eigenvalue weighted by Crippen LogP contribution is -2.49. The van der Waals surface area contributed by atoms with Gasteiger partial charge in [0, 0.05) is 45.2 Å². The maximum absolute atomic E-state index is 12.7. The number of hydrogen-bond donors (Lipinski definition) is 0. The van der Waals surface area contributed by atoms with Gasteiger partial charge in [-0.1, -0.05) is 11.6 Å². The molecule has 0 radical (unpaired) electrons. The highest BCUT2D eigenvalue weighted by Gasteiger charge is 2.31. The fraction of sp³-hybridized carbons (Fsp3) is 0.409. The number of methoxy groups -OCH3 is 1. The Balaban J connectivity index is 1.51. The van der Waals surface area contributed by atoms with Crippen LogP contribution in [0, 0.1) is 6.92 Å². The number of aryl methyl sites for hydroxylation is 1. The highest BCUT2D eigenvalue weighted by molar-refractivity contribution is 6.00. The van der Waals surface area contributed by atoms with E-state index in [1.807, 2.05) is 17.9 Å². The van der Waals surface area contributed by atoms with E-state index in [0.29, 0.717) is 43.3 Å². The zero-order valence-electron chi connectivity index (χ0n) is 17.4. The van der Waals surface area contributed by atoms with Crippen LogP contribution in [0.3, 0.4) is 0 Å². The zero-order valence-corrected chi connectivity index (χ0v) is 17.4. The first kappa shape index (κ1) is 22.6. The second-order valence-electron chi connectivity index (χ2n) is 7.40. The number of rotatable bonds is 6. The lowest BCUT2D eigenvalue weighted by molar-refractivity contribution is -0.137. The van der Waals surface area contributed by atoms with E-state index in [4.69, 9.17) is 4.74 Å². The van der Waals surface area contributed by atoms with Crippen molar-refractivity contribution in [3.63, 3.8) is 0 Å². The lowest BCUT2D eigenvalue weighted by atomic mass is 10.0. The molecule has 0 saturated carbocycles. The molecular formula is C22H24F3N3O3. The Morgan fingerprint density at radius 3 is 2.35 bits per heavy atom. The third kappa shape index (κ3) is 5.53. The highest BCUT2D eigenvalue weighted by atomic mass is 19.4. The fourth-order valence-corrected chi connectivity index (χ4v) is 3.48. The number of carbonyl (C=O) groups is 2. The predicted octanol–water partition coefficient (Wildman–Crippen LogP) is 3.73. The molecule has 9 heteroatoms. The molecule has 31 heavy (non-hydrogen) atoms. The Labute approximate surface area is 178 Å². The second kappa shape index (κ2) is 9.36. The van der Waals surface area contributed by atoms with Gasteiger partial charge in [0.15, 0.2) is 5.78 Å². The van der Waals surface area contributed by atoms with Crippen LogP contribution in [-0.4, -0.2) is 54.9 Å². The van der Waals surface area contributed by atoms with Crippen LogP contribution in [0.25, 0.3) is 0 Å². The molecule has 0 N–H and O–H groups in total. The van der Waals surface area contributed by atoms with E-state index in [9.17, 15) is 22.8 Å². The van der Waals surface area contributed by atoms with E-state index in [-0.39, 0.29) is 24.5 Å².